The smallest absolute Gasteiger partial charge is 0.234 e. The molecule has 0 saturated heterocycles. The van der Waals surface area contributed by atoms with Gasteiger partial charge in [-0.05, 0) is 12.1 Å². The minimum absolute atomic E-state index is 0.0299. The summed E-state index contributed by atoms with van der Waals surface area (Å²) in [6.07, 6.45) is -0.0299. The predicted octanol–water partition coefficient (Wildman–Crippen LogP) is 0.364. The molecule has 7 nitrogen and oxygen atoms in total. The fraction of sp³-hybridized carbons (Fsp3) is 0.400. The summed E-state index contributed by atoms with van der Waals surface area (Å²) in [6.45, 7) is -0.0390. The number of para-hydroxylation sites is 1. The van der Waals surface area contributed by atoms with E-state index in [9.17, 15) is 9.59 Å². The first-order chi connectivity index (χ1) is 11.6. The van der Waals surface area contributed by atoms with Gasteiger partial charge < -0.3 is 20.8 Å². The zero-order valence-corrected chi connectivity index (χ0v) is 14.5. The number of nitrogens with one attached hydrogen (secondary N) is 2. The average Bonchev–Trinajstić information content (AvgIpc) is 2.99. The fourth-order valence-corrected chi connectivity index (χ4v) is 4.27. The van der Waals surface area contributed by atoms with Crippen LogP contribution in [0.25, 0.3) is 10.2 Å². The monoisotopic (exact) mass is 369 g/mol. The summed E-state index contributed by atoms with van der Waals surface area (Å²) in [5.41, 5.74) is 0.851. The maximum atomic E-state index is 12.2. The van der Waals surface area contributed by atoms with Crippen LogP contribution in [-0.2, 0) is 9.59 Å². The third kappa shape index (κ3) is 5.45. The number of aliphatic hydroxyl groups is 2. The topological polar surface area (TPSA) is 112 Å². The van der Waals surface area contributed by atoms with Crippen molar-refractivity contribution in [3.63, 3.8) is 0 Å². The van der Waals surface area contributed by atoms with Crippen molar-refractivity contribution in [2.45, 2.75) is 16.0 Å². The quantitative estimate of drug-likeness (QED) is 0.475. The molecule has 0 saturated carbocycles. The number of nitrogens with zero attached hydrogens (tertiary/aromatic N) is 1. The second-order valence-electron chi connectivity index (χ2n) is 4.85. The molecule has 1 heterocycles. The highest BCUT2D eigenvalue weighted by molar-refractivity contribution is 8.02. The van der Waals surface area contributed by atoms with Crippen LogP contribution in [0.4, 0.5) is 0 Å². The molecule has 1 aromatic carbocycles. The molecule has 0 radical (unpaired) electrons. The molecular weight excluding hydrogens is 350 g/mol. The number of hydrogen-bond acceptors (Lipinski definition) is 7. The van der Waals surface area contributed by atoms with Gasteiger partial charge in [0.15, 0.2) is 4.34 Å². The van der Waals surface area contributed by atoms with Crippen molar-refractivity contribution in [3.05, 3.63) is 24.3 Å². The molecule has 2 aromatic rings. The van der Waals surface area contributed by atoms with Gasteiger partial charge in [0.2, 0.25) is 11.8 Å². The van der Waals surface area contributed by atoms with Crippen molar-refractivity contribution in [2.24, 2.45) is 0 Å². The molecular formula is C15H19N3O4S2. The Balaban J connectivity index is 2.08. The fourth-order valence-electron chi connectivity index (χ4n) is 1.94. The largest absolute Gasteiger partial charge is 0.395 e. The van der Waals surface area contributed by atoms with Gasteiger partial charge >= 0.3 is 0 Å². The number of carbonyl (C=O) groups excluding carboxylic acids is 2. The van der Waals surface area contributed by atoms with Crippen molar-refractivity contribution in [3.8, 4) is 0 Å². The summed E-state index contributed by atoms with van der Waals surface area (Å²) in [7, 11) is 0. The molecule has 9 heteroatoms. The minimum Gasteiger partial charge on any atom is -0.395 e. The van der Waals surface area contributed by atoms with E-state index in [1.54, 1.807) is 0 Å². The Bertz CT molecular complexity index is 659. The highest BCUT2D eigenvalue weighted by Crippen LogP contribution is 2.33. The van der Waals surface area contributed by atoms with Gasteiger partial charge in [0.1, 0.15) is 0 Å². The molecule has 0 bridgehead atoms. The number of aliphatic hydroxyl groups excluding tert-OH is 2. The Kier molecular flexibility index (Phi) is 7.44. The Morgan fingerprint density at radius 1 is 1.17 bits per heavy atom. The maximum Gasteiger partial charge on any atom is 0.234 e. The summed E-state index contributed by atoms with van der Waals surface area (Å²) >= 11 is 2.69. The number of hydrogen-bond donors (Lipinski definition) is 4. The molecule has 2 amide bonds. The normalized spacial score (nSPS) is 12.1. The zero-order valence-electron chi connectivity index (χ0n) is 12.9. The number of rotatable bonds is 9. The van der Waals surface area contributed by atoms with Gasteiger partial charge in [0.05, 0.1) is 28.7 Å². The van der Waals surface area contributed by atoms with Crippen molar-refractivity contribution >= 4 is 45.1 Å². The first-order valence-electron chi connectivity index (χ1n) is 7.42. The summed E-state index contributed by atoms with van der Waals surface area (Å²) in [6, 6.07) is 7.66. The van der Waals surface area contributed by atoms with Gasteiger partial charge in [-0.15, -0.1) is 11.3 Å². The Morgan fingerprint density at radius 3 is 2.58 bits per heavy atom. The van der Waals surface area contributed by atoms with Crippen LogP contribution in [-0.4, -0.2) is 58.6 Å². The van der Waals surface area contributed by atoms with Crippen LogP contribution in [0, 0.1) is 0 Å². The number of thioether (sulfide) groups is 1. The minimum atomic E-state index is -0.657. The highest BCUT2D eigenvalue weighted by Gasteiger charge is 2.24. The van der Waals surface area contributed by atoms with Crippen LogP contribution in [0.2, 0.25) is 0 Å². The molecule has 0 fully saturated rings. The molecule has 0 aliphatic rings. The van der Waals surface area contributed by atoms with Crippen molar-refractivity contribution in [1.82, 2.24) is 15.6 Å². The van der Waals surface area contributed by atoms with Crippen LogP contribution in [0.5, 0.6) is 0 Å². The molecule has 130 valence electrons. The van der Waals surface area contributed by atoms with E-state index in [2.05, 4.69) is 15.6 Å². The second kappa shape index (κ2) is 9.58. The predicted molar refractivity (Wildman–Crippen MR) is 94.1 cm³/mol. The Labute approximate surface area is 147 Å². The maximum absolute atomic E-state index is 12.2. The number of thiazole rings is 1. The first-order valence-corrected chi connectivity index (χ1v) is 9.12. The second-order valence-corrected chi connectivity index (χ2v) is 7.33. The molecule has 0 aliphatic carbocycles. The highest BCUT2D eigenvalue weighted by atomic mass is 32.2. The molecule has 0 spiro atoms. The molecule has 0 aliphatic heterocycles. The summed E-state index contributed by atoms with van der Waals surface area (Å²) in [5, 5.41) is 22.1. The SMILES string of the molecule is O=C(CC(Sc1nc2ccccc2s1)C(=O)NCCO)NCCO. The van der Waals surface area contributed by atoms with Gasteiger partial charge in [-0.1, -0.05) is 23.9 Å². The van der Waals surface area contributed by atoms with Crippen LogP contribution in [0.3, 0.4) is 0 Å². The van der Waals surface area contributed by atoms with E-state index < -0.39 is 5.25 Å². The first kappa shape index (κ1) is 18.7. The van der Waals surface area contributed by atoms with E-state index in [-0.39, 0.29) is 44.5 Å². The van der Waals surface area contributed by atoms with E-state index in [0.29, 0.717) is 4.34 Å². The zero-order chi connectivity index (χ0) is 17.4. The number of amides is 2. The van der Waals surface area contributed by atoms with Gasteiger partial charge in [0.25, 0.3) is 0 Å². The lowest BCUT2D eigenvalue weighted by Crippen LogP contribution is -2.38. The Hall–Kier alpha value is -1.68. The summed E-state index contributed by atoms with van der Waals surface area (Å²) in [5.74, 6) is -0.644. The summed E-state index contributed by atoms with van der Waals surface area (Å²) in [4.78, 5) is 28.6. The number of benzene rings is 1. The van der Waals surface area contributed by atoms with E-state index >= 15 is 0 Å². The lowest BCUT2D eigenvalue weighted by atomic mass is 10.2. The van der Waals surface area contributed by atoms with Crippen molar-refractivity contribution < 1.29 is 19.8 Å². The third-order valence-electron chi connectivity index (χ3n) is 3.03. The van der Waals surface area contributed by atoms with Crippen LogP contribution >= 0.6 is 23.1 Å². The third-order valence-corrected chi connectivity index (χ3v) is 5.35. The number of carbonyl (C=O) groups is 2. The van der Waals surface area contributed by atoms with Crippen LogP contribution in [0.15, 0.2) is 28.6 Å². The molecule has 2 rings (SSSR count). The molecule has 1 aromatic heterocycles. The lowest BCUT2D eigenvalue weighted by Gasteiger charge is -2.14. The lowest BCUT2D eigenvalue weighted by molar-refractivity contribution is -0.126. The van der Waals surface area contributed by atoms with Crippen molar-refractivity contribution in [2.75, 3.05) is 26.3 Å². The standard InChI is InChI=1S/C15H19N3O4S2/c19-7-5-16-13(21)9-12(14(22)17-6-8-20)24-15-18-10-3-1-2-4-11(10)23-15/h1-4,12,19-20H,5-9H2,(H,16,21)(H,17,22). The van der Waals surface area contributed by atoms with Crippen molar-refractivity contribution in [1.29, 1.82) is 0 Å². The van der Waals surface area contributed by atoms with E-state index in [4.69, 9.17) is 10.2 Å². The van der Waals surface area contributed by atoms with E-state index in [1.807, 2.05) is 24.3 Å². The molecule has 4 N–H and O–H groups in total. The average molecular weight is 369 g/mol. The van der Waals surface area contributed by atoms with Gasteiger partial charge in [-0.2, -0.15) is 0 Å². The van der Waals surface area contributed by atoms with Gasteiger partial charge in [-0.25, -0.2) is 4.98 Å². The van der Waals surface area contributed by atoms with Crippen LogP contribution < -0.4 is 10.6 Å². The summed E-state index contributed by atoms with van der Waals surface area (Å²) < 4.78 is 1.72. The van der Waals surface area contributed by atoms with Crippen LogP contribution in [0.1, 0.15) is 6.42 Å². The van der Waals surface area contributed by atoms with Gasteiger partial charge in [-0.3, -0.25) is 9.59 Å². The van der Waals surface area contributed by atoms with E-state index in [0.717, 1.165) is 10.2 Å². The number of fused-ring (bicyclic) bond motifs is 1. The molecule has 1 atom stereocenters. The van der Waals surface area contributed by atoms with E-state index in [1.165, 1.54) is 23.1 Å². The molecule has 1 unspecified atom stereocenters. The van der Waals surface area contributed by atoms with Gasteiger partial charge in [0, 0.05) is 19.5 Å². The number of aromatic nitrogens is 1. The molecule has 24 heavy (non-hydrogen) atoms. The Morgan fingerprint density at radius 2 is 1.88 bits per heavy atom.